The minimum absolute atomic E-state index is 0.102. The maximum atomic E-state index is 5.70. The first kappa shape index (κ1) is 12.1. The summed E-state index contributed by atoms with van der Waals surface area (Å²) in [5.74, 6) is 0.591. The van der Waals surface area contributed by atoms with E-state index in [2.05, 4.69) is 37.9 Å². The summed E-state index contributed by atoms with van der Waals surface area (Å²) < 4.78 is 0. The van der Waals surface area contributed by atoms with Gasteiger partial charge in [0.05, 0.1) is 12.1 Å². The highest BCUT2D eigenvalue weighted by Gasteiger charge is 2.37. The highest BCUT2D eigenvalue weighted by molar-refractivity contribution is 5.79. The van der Waals surface area contributed by atoms with Crippen LogP contribution >= 0.6 is 0 Å². The van der Waals surface area contributed by atoms with Gasteiger partial charge in [-0.3, -0.25) is 0 Å². The van der Waals surface area contributed by atoms with Crippen molar-refractivity contribution in [2.75, 3.05) is 6.54 Å². The lowest BCUT2D eigenvalue weighted by Crippen LogP contribution is -2.41. The zero-order valence-electron chi connectivity index (χ0n) is 10.6. The second kappa shape index (κ2) is 4.47. The average molecular weight is 233 g/mol. The first-order valence-corrected chi connectivity index (χ1v) is 5.81. The third-order valence-corrected chi connectivity index (χ3v) is 2.63. The number of hydrogen-bond donors (Lipinski definition) is 1. The van der Waals surface area contributed by atoms with Gasteiger partial charge in [0.15, 0.2) is 6.17 Å². The monoisotopic (exact) mass is 233 g/mol. The molecule has 1 aromatic carbocycles. The Morgan fingerprint density at radius 3 is 2.47 bits per heavy atom. The molecule has 0 bridgehead atoms. The number of aliphatic imine (C=N–C) groups is 1. The molecule has 1 aliphatic rings. The molecule has 0 spiro atoms. The molecule has 0 unspecified atom stereocenters. The lowest BCUT2D eigenvalue weighted by Gasteiger charge is -2.33. The second-order valence-corrected chi connectivity index (χ2v) is 5.10. The number of nitrogens with zero attached hydrogens (tertiary/aromatic N) is 2. The van der Waals surface area contributed by atoms with Crippen molar-refractivity contribution in [2.45, 2.75) is 32.5 Å². The van der Waals surface area contributed by atoms with E-state index in [9.17, 15) is 0 Å². The predicted molar refractivity (Wildman–Crippen MR) is 68.3 cm³/mol. The molecule has 1 atom stereocenters. The van der Waals surface area contributed by atoms with E-state index in [-0.39, 0.29) is 11.7 Å². The van der Waals surface area contributed by atoms with Gasteiger partial charge in [-0.05, 0) is 26.3 Å². The Morgan fingerprint density at radius 2 is 1.94 bits per heavy atom. The fourth-order valence-corrected chi connectivity index (χ4v) is 1.80. The lowest BCUT2D eigenvalue weighted by molar-refractivity contribution is -0.151. The van der Waals surface area contributed by atoms with Gasteiger partial charge >= 0.3 is 0 Å². The molecule has 0 aromatic heterocycles. The van der Waals surface area contributed by atoms with Gasteiger partial charge in [-0.2, -0.15) is 0 Å². The number of benzene rings is 1. The third-order valence-electron chi connectivity index (χ3n) is 2.63. The largest absolute Gasteiger partial charge is 0.386 e. The van der Waals surface area contributed by atoms with E-state index in [1.807, 2.05) is 23.3 Å². The SMILES string of the molecule is CC(C)(C)N1OC(CN)=N[C@H]1c1ccccc1. The molecule has 92 valence electrons. The van der Waals surface area contributed by atoms with Crippen LogP contribution in [-0.2, 0) is 4.84 Å². The van der Waals surface area contributed by atoms with E-state index < -0.39 is 0 Å². The van der Waals surface area contributed by atoms with Crippen molar-refractivity contribution in [2.24, 2.45) is 10.7 Å². The van der Waals surface area contributed by atoms with Crippen LogP contribution in [0.4, 0.5) is 0 Å². The van der Waals surface area contributed by atoms with E-state index in [0.717, 1.165) is 5.56 Å². The molecule has 2 N–H and O–H groups in total. The van der Waals surface area contributed by atoms with Gasteiger partial charge in [-0.15, -0.1) is 5.06 Å². The van der Waals surface area contributed by atoms with Crippen LogP contribution in [0.5, 0.6) is 0 Å². The van der Waals surface area contributed by atoms with Crippen LogP contribution in [0.1, 0.15) is 32.5 Å². The molecule has 1 aliphatic heterocycles. The summed E-state index contributed by atoms with van der Waals surface area (Å²) in [6.45, 7) is 6.61. The van der Waals surface area contributed by atoms with Crippen LogP contribution in [0.25, 0.3) is 0 Å². The number of rotatable bonds is 2. The highest BCUT2D eigenvalue weighted by Crippen LogP contribution is 2.33. The number of hydrogen-bond acceptors (Lipinski definition) is 4. The molecule has 0 radical (unpaired) electrons. The molecule has 4 nitrogen and oxygen atoms in total. The van der Waals surface area contributed by atoms with Crippen molar-refractivity contribution in [3.63, 3.8) is 0 Å². The van der Waals surface area contributed by atoms with Crippen molar-refractivity contribution in [3.8, 4) is 0 Å². The van der Waals surface area contributed by atoms with E-state index >= 15 is 0 Å². The van der Waals surface area contributed by atoms with Crippen LogP contribution in [0.3, 0.4) is 0 Å². The Morgan fingerprint density at radius 1 is 1.29 bits per heavy atom. The van der Waals surface area contributed by atoms with Crippen molar-refractivity contribution >= 4 is 5.90 Å². The molecule has 0 fully saturated rings. The van der Waals surface area contributed by atoms with Crippen molar-refractivity contribution in [1.82, 2.24) is 5.06 Å². The molecule has 1 aromatic rings. The van der Waals surface area contributed by atoms with E-state index in [0.29, 0.717) is 12.4 Å². The zero-order chi connectivity index (χ0) is 12.5. The van der Waals surface area contributed by atoms with Gasteiger partial charge in [0.25, 0.3) is 0 Å². The van der Waals surface area contributed by atoms with Gasteiger partial charge < -0.3 is 10.6 Å². The summed E-state index contributed by atoms with van der Waals surface area (Å²) in [7, 11) is 0. The fraction of sp³-hybridized carbons (Fsp3) is 0.462. The minimum Gasteiger partial charge on any atom is -0.386 e. The molecule has 0 aliphatic carbocycles. The van der Waals surface area contributed by atoms with Crippen molar-refractivity contribution < 1.29 is 4.84 Å². The van der Waals surface area contributed by atoms with E-state index in [1.165, 1.54) is 0 Å². The fourth-order valence-electron chi connectivity index (χ4n) is 1.80. The zero-order valence-corrected chi connectivity index (χ0v) is 10.6. The molecule has 17 heavy (non-hydrogen) atoms. The van der Waals surface area contributed by atoms with Gasteiger partial charge in [0.1, 0.15) is 0 Å². The molecular formula is C13H19N3O. The Bertz CT molecular complexity index is 408. The Kier molecular flexibility index (Phi) is 3.17. The molecular weight excluding hydrogens is 214 g/mol. The van der Waals surface area contributed by atoms with Gasteiger partial charge in [0, 0.05) is 0 Å². The Hall–Kier alpha value is -1.39. The second-order valence-electron chi connectivity index (χ2n) is 5.10. The molecule has 1 heterocycles. The third kappa shape index (κ3) is 2.48. The first-order valence-electron chi connectivity index (χ1n) is 5.81. The van der Waals surface area contributed by atoms with Crippen LogP contribution in [0, 0.1) is 0 Å². The number of nitrogens with two attached hydrogens (primary N) is 1. The standard InChI is InChI=1S/C13H19N3O/c1-13(2,3)16-12(15-11(9-14)17-16)10-7-5-4-6-8-10/h4-8,12H,9,14H2,1-3H3/t12-/m1/s1. The van der Waals surface area contributed by atoms with Crippen LogP contribution in [-0.4, -0.2) is 23.0 Å². The summed E-state index contributed by atoms with van der Waals surface area (Å²) in [5, 5.41) is 1.89. The summed E-state index contributed by atoms with van der Waals surface area (Å²) in [5.41, 5.74) is 6.59. The normalized spacial score (nSPS) is 21.2. The van der Waals surface area contributed by atoms with Gasteiger partial charge in [-0.25, -0.2) is 4.99 Å². The van der Waals surface area contributed by atoms with Crippen LogP contribution < -0.4 is 5.73 Å². The quantitative estimate of drug-likeness (QED) is 0.851. The van der Waals surface area contributed by atoms with Crippen molar-refractivity contribution in [1.29, 1.82) is 0 Å². The summed E-state index contributed by atoms with van der Waals surface area (Å²) in [6, 6.07) is 10.1. The molecule has 4 heteroatoms. The topological polar surface area (TPSA) is 50.9 Å². The average Bonchev–Trinajstić information content (AvgIpc) is 2.74. The van der Waals surface area contributed by atoms with Crippen LogP contribution in [0.15, 0.2) is 35.3 Å². The molecule has 0 saturated carbocycles. The smallest absolute Gasteiger partial charge is 0.225 e. The molecule has 2 rings (SSSR count). The Labute approximate surface area is 102 Å². The predicted octanol–water partition coefficient (Wildman–Crippen LogP) is 2.09. The number of hydroxylamine groups is 2. The molecule has 0 amide bonds. The molecule has 0 saturated heterocycles. The van der Waals surface area contributed by atoms with E-state index in [1.54, 1.807) is 0 Å². The van der Waals surface area contributed by atoms with E-state index in [4.69, 9.17) is 10.6 Å². The lowest BCUT2D eigenvalue weighted by atomic mass is 10.1. The minimum atomic E-state index is -0.124. The van der Waals surface area contributed by atoms with Crippen LogP contribution in [0.2, 0.25) is 0 Å². The summed E-state index contributed by atoms with van der Waals surface area (Å²) in [6.07, 6.45) is -0.102. The van der Waals surface area contributed by atoms with Crippen molar-refractivity contribution in [3.05, 3.63) is 35.9 Å². The highest BCUT2D eigenvalue weighted by atomic mass is 16.7. The van der Waals surface area contributed by atoms with Gasteiger partial charge in [-0.1, -0.05) is 30.3 Å². The first-order chi connectivity index (χ1) is 8.02. The maximum absolute atomic E-state index is 5.70. The summed E-state index contributed by atoms with van der Waals surface area (Å²) >= 11 is 0. The summed E-state index contributed by atoms with van der Waals surface area (Å²) in [4.78, 5) is 10.2. The van der Waals surface area contributed by atoms with Gasteiger partial charge in [0.2, 0.25) is 5.90 Å². The maximum Gasteiger partial charge on any atom is 0.225 e. The Balaban J connectivity index is 2.32.